The lowest BCUT2D eigenvalue weighted by Gasteiger charge is -2.15. The van der Waals surface area contributed by atoms with Crippen molar-refractivity contribution in [3.05, 3.63) is 99.2 Å². The maximum Gasteiger partial charge on any atom is 0.237 e. The van der Waals surface area contributed by atoms with Gasteiger partial charge in [0.1, 0.15) is 12.4 Å². The van der Waals surface area contributed by atoms with Crippen molar-refractivity contribution in [2.24, 2.45) is 0 Å². The summed E-state index contributed by atoms with van der Waals surface area (Å²) in [4.78, 5) is 12.5. The number of nitrogens with zero attached hydrogens (tertiary/aromatic N) is 3. The van der Waals surface area contributed by atoms with Crippen molar-refractivity contribution in [1.29, 1.82) is 5.41 Å². The molecule has 36 heavy (non-hydrogen) atoms. The average molecular weight is 523 g/mol. The fraction of sp³-hybridized carbons (Fsp3) is 0.154. The topological polar surface area (TPSA) is 119 Å². The van der Waals surface area contributed by atoms with Gasteiger partial charge in [0, 0.05) is 59.4 Å². The van der Waals surface area contributed by atoms with Gasteiger partial charge in [0.25, 0.3) is 0 Å². The molecule has 1 aromatic carbocycles. The highest BCUT2D eigenvalue weighted by molar-refractivity contribution is 6.35. The zero-order chi connectivity index (χ0) is 25.7. The van der Waals surface area contributed by atoms with Gasteiger partial charge in [-0.2, -0.15) is 0 Å². The third-order valence-electron chi connectivity index (χ3n) is 5.41. The maximum absolute atomic E-state index is 8.82. The first-order chi connectivity index (χ1) is 17.4. The highest BCUT2D eigenvalue weighted by Crippen LogP contribution is 2.29. The number of nitrogens with one attached hydrogen (secondary N) is 2. The lowest BCUT2D eigenvalue weighted by Crippen LogP contribution is -2.09. The Labute approximate surface area is 218 Å². The molecule has 4 N–H and O–H groups in total. The second kappa shape index (κ2) is 11.2. The van der Waals surface area contributed by atoms with Gasteiger partial charge >= 0.3 is 0 Å². The number of nitrogen functional groups attached to an aromatic ring is 1. The van der Waals surface area contributed by atoms with Crippen molar-refractivity contribution in [2.45, 2.75) is 20.1 Å². The molecule has 0 fully saturated rings. The number of benzene rings is 1. The number of aryl methyl sites for hydroxylation is 1. The van der Waals surface area contributed by atoms with Crippen molar-refractivity contribution < 1.29 is 9.47 Å². The van der Waals surface area contributed by atoms with Crippen LogP contribution in [0.3, 0.4) is 0 Å². The minimum absolute atomic E-state index is 0.142. The van der Waals surface area contributed by atoms with E-state index in [2.05, 4.69) is 20.3 Å². The fourth-order valence-electron chi connectivity index (χ4n) is 3.52. The fourth-order valence-corrected chi connectivity index (χ4v) is 3.99. The number of rotatable bonds is 9. The van der Waals surface area contributed by atoms with Crippen LogP contribution >= 0.6 is 23.2 Å². The number of methoxy groups -OCH3 is 1. The largest absolute Gasteiger partial charge is 0.489 e. The molecule has 0 unspecified atom stereocenters. The van der Waals surface area contributed by atoms with E-state index < -0.39 is 0 Å². The van der Waals surface area contributed by atoms with Gasteiger partial charge < -0.3 is 20.5 Å². The van der Waals surface area contributed by atoms with Gasteiger partial charge in [-0.05, 0) is 48.9 Å². The Morgan fingerprint density at radius 1 is 1.06 bits per heavy atom. The predicted octanol–water partition coefficient (Wildman–Crippen LogP) is 5.68. The Morgan fingerprint density at radius 3 is 2.56 bits per heavy atom. The minimum atomic E-state index is 0.142. The lowest BCUT2D eigenvalue weighted by atomic mass is 10.0. The van der Waals surface area contributed by atoms with Gasteiger partial charge in [0.15, 0.2) is 0 Å². The molecule has 0 saturated carbocycles. The normalized spacial score (nSPS) is 10.7. The number of anilines is 2. The van der Waals surface area contributed by atoms with E-state index in [0.29, 0.717) is 56.3 Å². The SMILES string of the molecule is COc1ncc(C(=N)c2cc(OCc3c(Cl)cncc3Cl)ccc2N)cc1NCc1ccnc(C)c1. The summed E-state index contributed by atoms with van der Waals surface area (Å²) in [5, 5.41) is 13.0. The van der Waals surface area contributed by atoms with Gasteiger partial charge in [-0.1, -0.05) is 23.2 Å². The molecule has 3 aromatic heterocycles. The summed E-state index contributed by atoms with van der Waals surface area (Å²) in [6, 6.07) is 10.9. The summed E-state index contributed by atoms with van der Waals surface area (Å²) >= 11 is 12.4. The number of hydrogen-bond donors (Lipinski definition) is 3. The van der Waals surface area contributed by atoms with E-state index in [9.17, 15) is 0 Å². The number of aromatic nitrogens is 3. The molecule has 0 saturated heterocycles. The average Bonchev–Trinajstić information content (AvgIpc) is 2.87. The lowest BCUT2D eigenvalue weighted by molar-refractivity contribution is 0.306. The molecular formula is C26H24Cl2N6O2. The molecule has 0 aliphatic carbocycles. The van der Waals surface area contributed by atoms with Crippen LogP contribution in [0.15, 0.2) is 61.2 Å². The van der Waals surface area contributed by atoms with Crippen molar-refractivity contribution in [3.63, 3.8) is 0 Å². The Hall–Kier alpha value is -3.88. The quantitative estimate of drug-likeness (QED) is 0.191. The van der Waals surface area contributed by atoms with Crippen LogP contribution in [0.25, 0.3) is 0 Å². The van der Waals surface area contributed by atoms with Crippen LogP contribution < -0.4 is 20.5 Å². The van der Waals surface area contributed by atoms with Crippen molar-refractivity contribution in [3.8, 4) is 11.6 Å². The molecule has 4 rings (SSSR count). The van der Waals surface area contributed by atoms with Gasteiger partial charge in [-0.15, -0.1) is 0 Å². The number of ether oxygens (including phenoxy) is 2. The summed E-state index contributed by atoms with van der Waals surface area (Å²) in [6.45, 7) is 2.63. The van der Waals surface area contributed by atoms with E-state index in [1.54, 1.807) is 37.7 Å². The molecule has 184 valence electrons. The van der Waals surface area contributed by atoms with E-state index >= 15 is 0 Å². The third-order valence-corrected chi connectivity index (χ3v) is 6.06. The first kappa shape index (κ1) is 25.2. The molecule has 0 radical (unpaired) electrons. The Balaban J connectivity index is 1.55. The summed E-state index contributed by atoms with van der Waals surface area (Å²) in [7, 11) is 1.55. The predicted molar refractivity (Wildman–Crippen MR) is 142 cm³/mol. The van der Waals surface area contributed by atoms with Crippen LogP contribution in [-0.2, 0) is 13.2 Å². The molecule has 10 heteroatoms. The summed E-state index contributed by atoms with van der Waals surface area (Å²) < 4.78 is 11.3. The second-order valence-corrected chi connectivity index (χ2v) is 8.75. The summed E-state index contributed by atoms with van der Waals surface area (Å²) in [6.07, 6.45) is 6.36. The molecule has 3 heterocycles. The first-order valence-electron chi connectivity index (χ1n) is 10.9. The van der Waals surface area contributed by atoms with Crippen molar-refractivity contribution in [2.75, 3.05) is 18.2 Å². The van der Waals surface area contributed by atoms with E-state index in [1.165, 1.54) is 12.4 Å². The second-order valence-electron chi connectivity index (χ2n) is 7.93. The molecular weight excluding hydrogens is 499 g/mol. The molecule has 0 spiro atoms. The van der Waals surface area contributed by atoms with Crippen LogP contribution in [-0.4, -0.2) is 27.8 Å². The number of halogens is 2. The van der Waals surface area contributed by atoms with Gasteiger partial charge in [0.05, 0.1) is 28.6 Å². The maximum atomic E-state index is 8.82. The highest BCUT2D eigenvalue weighted by atomic mass is 35.5. The Bertz CT molecular complexity index is 1390. The molecule has 0 atom stereocenters. The molecule has 0 bridgehead atoms. The summed E-state index contributed by atoms with van der Waals surface area (Å²) in [5.41, 5.74) is 11.2. The number of nitrogens with two attached hydrogens (primary N) is 1. The highest BCUT2D eigenvalue weighted by Gasteiger charge is 2.15. The smallest absolute Gasteiger partial charge is 0.237 e. The van der Waals surface area contributed by atoms with E-state index in [-0.39, 0.29) is 12.3 Å². The third kappa shape index (κ3) is 5.84. The van der Waals surface area contributed by atoms with Crippen LogP contribution in [0.5, 0.6) is 11.6 Å². The molecule has 0 aliphatic heterocycles. The van der Waals surface area contributed by atoms with E-state index in [4.69, 9.17) is 43.8 Å². The van der Waals surface area contributed by atoms with Gasteiger partial charge in [-0.25, -0.2) is 4.98 Å². The number of pyridine rings is 3. The Kier molecular flexibility index (Phi) is 7.87. The minimum Gasteiger partial charge on any atom is -0.489 e. The first-order valence-corrected chi connectivity index (χ1v) is 11.7. The standard InChI is InChI=1S/C26H24Cl2N6O2/c1-15-7-16(5-6-32-15)10-33-24-8-17(11-34-26(24)35-2)25(30)19-9-18(3-4-23(19)29)36-14-20-21(27)12-31-13-22(20)28/h3-9,11-13,30,33H,10,14,29H2,1-2H3. The zero-order valence-corrected chi connectivity index (χ0v) is 21.2. The van der Waals surface area contributed by atoms with Crippen LogP contribution in [0.1, 0.15) is 27.9 Å². The molecule has 0 amide bonds. The monoisotopic (exact) mass is 522 g/mol. The van der Waals surface area contributed by atoms with E-state index in [0.717, 1.165) is 11.3 Å². The van der Waals surface area contributed by atoms with Crippen LogP contribution in [0.2, 0.25) is 10.0 Å². The molecule has 0 aliphatic rings. The Morgan fingerprint density at radius 2 is 1.83 bits per heavy atom. The number of hydrogen-bond acceptors (Lipinski definition) is 8. The zero-order valence-electron chi connectivity index (χ0n) is 19.7. The van der Waals surface area contributed by atoms with Crippen molar-refractivity contribution in [1.82, 2.24) is 15.0 Å². The summed E-state index contributed by atoms with van der Waals surface area (Å²) in [5.74, 6) is 0.939. The van der Waals surface area contributed by atoms with E-state index in [1.807, 2.05) is 25.1 Å². The van der Waals surface area contributed by atoms with Crippen LogP contribution in [0, 0.1) is 12.3 Å². The van der Waals surface area contributed by atoms with Crippen molar-refractivity contribution >= 4 is 40.3 Å². The van der Waals surface area contributed by atoms with Gasteiger partial charge in [-0.3, -0.25) is 15.4 Å². The molecule has 8 nitrogen and oxygen atoms in total. The van der Waals surface area contributed by atoms with Crippen LogP contribution in [0.4, 0.5) is 11.4 Å². The van der Waals surface area contributed by atoms with Gasteiger partial charge in [0.2, 0.25) is 5.88 Å². The molecule has 4 aromatic rings.